The zero-order valence-electron chi connectivity index (χ0n) is 17.1. The average molecular weight is 444 g/mol. The Labute approximate surface area is 172 Å². The SMILES string of the molecule is CC(C)(C/C=C\C(O)(C(F)(F)F)C(F)(F)F)CCC/C=C/C=C1CC(O)C[C@H](O)C1. The molecule has 1 saturated carbocycles. The third-order valence-electron chi connectivity index (χ3n) is 5.13. The second-order valence-corrected chi connectivity index (χ2v) is 8.63. The number of halogens is 6. The van der Waals surface area contributed by atoms with Gasteiger partial charge in [0.1, 0.15) is 0 Å². The van der Waals surface area contributed by atoms with E-state index in [1.807, 2.05) is 18.2 Å². The Hall–Kier alpha value is -1.32. The Morgan fingerprint density at radius 2 is 1.47 bits per heavy atom. The molecule has 3 N–H and O–H groups in total. The molecule has 0 aromatic heterocycles. The van der Waals surface area contributed by atoms with Crippen LogP contribution in [0.25, 0.3) is 0 Å². The molecular weight excluding hydrogens is 414 g/mol. The predicted molar refractivity (Wildman–Crippen MR) is 102 cm³/mol. The molecule has 1 rings (SSSR count). The molecule has 2 atom stereocenters. The summed E-state index contributed by atoms with van der Waals surface area (Å²) in [6, 6.07) is 0. The van der Waals surface area contributed by atoms with Gasteiger partial charge in [0.15, 0.2) is 0 Å². The van der Waals surface area contributed by atoms with Crippen molar-refractivity contribution in [2.75, 3.05) is 0 Å². The summed E-state index contributed by atoms with van der Waals surface area (Å²) in [5.41, 5.74) is -4.45. The molecule has 0 heterocycles. The minimum absolute atomic E-state index is 0.0506. The van der Waals surface area contributed by atoms with E-state index in [1.165, 1.54) is 0 Å². The molecule has 30 heavy (non-hydrogen) atoms. The fourth-order valence-electron chi connectivity index (χ4n) is 3.30. The van der Waals surface area contributed by atoms with Crippen molar-refractivity contribution in [3.05, 3.63) is 36.0 Å². The Morgan fingerprint density at radius 1 is 0.933 bits per heavy atom. The van der Waals surface area contributed by atoms with Gasteiger partial charge in [-0.3, -0.25) is 0 Å². The summed E-state index contributed by atoms with van der Waals surface area (Å²) in [7, 11) is 0. The summed E-state index contributed by atoms with van der Waals surface area (Å²) >= 11 is 0. The molecule has 0 saturated heterocycles. The topological polar surface area (TPSA) is 60.7 Å². The van der Waals surface area contributed by atoms with E-state index in [-0.39, 0.29) is 12.5 Å². The molecule has 9 heteroatoms. The van der Waals surface area contributed by atoms with Crippen LogP contribution in [0.3, 0.4) is 0 Å². The van der Waals surface area contributed by atoms with Crippen LogP contribution in [0.1, 0.15) is 58.8 Å². The van der Waals surface area contributed by atoms with Crippen molar-refractivity contribution in [2.24, 2.45) is 5.41 Å². The number of rotatable bonds is 8. The van der Waals surface area contributed by atoms with E-state index >= 15 is 0 Å². The zero-order valence-corrected chi connectivity index (χ0v) is 17.1. The molecule has 0 amide bonds. The molecule has 1 fully saturated rings. The van der Waals surface area contributed by atoms with Crippen LogP contribution >= 0.6 is 0 Å². The zero-order chi connectivity index (χ0) is 23.2. The fraction of sp³-hybridized carbons (Fsp3) is 0.714. The molecular formula is C21H30F6O3. The lowest BCUT2D eigenvalue weighted by Crippen LogP contribution is -2.55. The Kier molecular flexibility index (Phi) is 9.20. The quantitative estimate of drug-likeness (QED) is 0.268. The van der Waals surface area contributed by atoms with Crippen LogP contribution in [-0.2, 0) is 0 Å². The van der Waals surface area contributed by atoms with E-state index in [2.05, 4.69) is 0 Å². The first kappa shape index (κ1) is 26.7. The van der Waals surface area contributed by atoms with Gasteiger partial charge in [0.05, 0.1) is 12.2 Å². The highest BCUT2D eigenvalue weighted by atomic mass is 19.4. The second kappa shape index (κ2) is 10.3. The maximum Gasteiger partial charge on any atom is 0.429 e. The van der Waals surface area contributed by atoms with E-state index in [4.69, 9.17) is 5.11 Å². The van der Waals surface area contributed by atoms with E-state index in [0.29, 0.717) is 38.5 Å². The second-order valence-electron chi connectivity index (χ2n) is 8.63. The van der Waals surface area contributed by atoms with Gasteiger partial charge in [-0.25, -0.2) is 0 Å². The van der Waals surface area contributed by atoms with Gasteiger partial charge in [-0.15, -0.1) is 0 Å². The first-order valence-electron chi connectivity index (χ1n) is 9.81. The number of allylic oxidation sites excluding steroid dienone is 4. The van der Waals surface area contributed by atoms with Crippen LogP contribution in [0, 0.1) is 5.41 Å². The standard InChI is InChI=1S/C21H30F6O3/c1-18(2,10-7-11-19(30,20(22,23)24)21(25,26)27)9-6-4-3-5-8-15-12-16(28)14-17(29)13-15/h3,5,7-8,11,16-17,28-30H,4,6,9-10,12-14H2,1-2H3/b5-3+,11-7-,15-8?/t16-,17?/m1/s1. The average Bonchev–Trinajstić information content (AvgIpc) is 2.54. The molecule has 0 radical (unpaired) electrons. The smallest absolute Gasteiger partial charge is 0.393 e. The minimum Gasteiger partial charge on any atom is -0.393 e. The van der Waals surface area contributed by atoms with E-state index in [0.717, 1.165) is 11.6 Å². The van der Waals surface area contributed by atoms with E-state index in [9.17, 15) is 36.6 Å². The fourth-order valence-corrected chi connectivity index (χ4v) is 3.30. The van der Waals surface area contributed by atoms with Gasteiger partial charge >= 0.3 is 12.4 Å². The van der Waals surface area contributed by atoms with Gasteiger partial charge in [-0.2, -0.15) is 26.3 Å². The lowest BCUT2D eigenvalue weighted by atomic mass is 9.83. The molecule has 1 aliphatic rings. The number of hydrogen-bond acceptors (Lipinski definition) is 3. The highest BCUT2D eigenvalue weighted by Crippen LogP contribution is 2.44. The molecule has 0 bridgehead atoms. The number of aliphatic hydroxyl groups excluding tert-OH is 2. The maximum absolute atomic E-state index is 12.7. The molecule has 174 valence electrons. The van der Waals surface area contributed by atoms with Crippen LogP contribution in [-0.4, -0.2) is 45.5 Å². The normalized spacial score (nSPS) is 23.8. The van der Waals surface area contributed by atoms with Crippen molar-refractivity contribution in [1.29, 1.82) is 0 Å². The summed E-state index contributed by atoms with van der Waals surface area (Å²) in [5, 5.41) is 28.4. The number of hydrogen-bond donors (Lipinski definition) is 3. The summed E-state index contributed by atoms with van der Waals surface area (Å²) in [4.78, 5) is 0. The molecule has 3 nitrogen and oxygen atoms in total. The number of alkyl halides is 6. The first-order chi connectivity index (χ1) is 13.6. The summed E-state index contributed by atoms with van der Waals surface area (Å²) in [6.45, 7) is 3.46. The van der Waals surface area contributed by atoms with E-state index < -0.39 is 35.6 Å². The van der Waals surface area contributed by atoms with Crippen LogP contribution in [0.4, 0.5) is 26.3 Å². The first-order valence-corrected chi connectivity index (χ1v) is 9.81. The Balaban J connectivity index is 2.51. The largest absolute Gasteiger partial charge is 0.429 e. The van der Waals surface area contributed by atoms with Crippen LogP contribution < -0.4 is 0 Å². The number of aliphatic hydroxyl groups is 3. The maximum atomic E-state index is 12.7. The van der Waals surface area contributed by atoms with Crippen molar-refractivity contribution < 1.29 is 41.7 Å². The molecule has 0 spiro atoms. The highest BCUT2D eigenvalue weighted by Gasteiger charge is 2.68. The third kappa shape index (κ3) is 8.07. The lowest BCUT2D eigenvalue weighted by molar-refractivity contribution is -0.347. The van der Waals surface area contributed by atoms with Crippen molar-refractivity contribution in [3.63, 3.8) is 0 Å². The molecule has 1 aliphatic carbocycles. The predicted octanol–water partition coefficient (Wildman–Crippen LogP) is 5.37. The highest BCUT2D eigenvalue weighted by molar-refractivity contribution is 5.16. The Morgan fingerprint density at radius 3 is 1.97 bits per heavy atom. The molecule has 1 unspecified atom stereocenters. The van der Waals surface area contributed by atoms with E-state index in [1.54, 1.807) is 13.8 Å². The van der Waals surface area contributed by atoms with Crippen LogP contribution in [0.5, 0.6) is 0 Å². The van der Waals surface area contributed by atoms with Crippen LogP contribution in [0.2, 0.25) is 0 Å². The van der Waals surface area contributed by atoms with Gasteiger partial charge in [-0.05, 0) is 56.4 Å². The molecule has 0 aromatic carbocycles. The van der Waals surface area contributed by atoms with Crippen molar-refractivity contribution in [2.45, 2.75) is 89.0 Å². The molecule has 0 aliphatic heterocycles. The van der Waals surface area contributed by atoms with Crippen molar-refractivity contribution in [1.82, 2.24) is 0 Å². The summed E-state index contributed by atoms with van der Waals surface area (Å²) < 4.78 is 75.9. The Bertz CT molecular complexity index is 606. The monoisotopic (exact) mass is 444 g/mol. The van der Waals surface area contributed by atoms with Gasteiger partial charge in [0, 0.05) is 0 Å². The summed E-state index contributed by atoms with van der Waals surface area (Å²) in [5.74, 6) is 0. The molecule has 0 aromatic rings. The van der Waals surface area contributed by atoms with Gasteiger partial charge in [-0.1, -0.05) is 43.7 Å². The van der Waals surface area contributed by atoms with Gasteiger partial charge < -0.3 is 15.3 Å². The van der Waals surface area contributed by atoms with Crippen LogP contribution in [0.15, 0.2) is 36.0 Å². The van der Waals surface area contributed by atoms with Crippen molar-refractivity contribution in [3.8, 4) is 0 Å². The minimum atomic E-state index is -5.85. The number of unbranched alkanes of at least 4 members (excludes halogenated alkanes) is 1. The van der Waals surface area contributed by atoms with Gasteiger partial charge in [0.25, 0.3) is 5.60 Å². The third-order valence-corrected chi connectivity index (χ3v) is 5.13. The lowest BCUT2D eigenvalue weighted by Gasteiger charge is -2.30. The van der Waals surface area contributed by atoms with Gasteiger partial charge in [0.2, 0.25) is 0 Å². The summed E-state index contributed by atoms with van der Waals surface area (Å²) in [6.07, 6.45) is -3.47. The van der Waals surface area contributed by atoms with Crippen molar-refractivity contribution >= 4 is 0 Å².